The van der Waals surface area contributed by atoms with Crippen molar-refractivity contribution in [1.29, 1.82) is 0 Å². The van der Waals surface area contributed by atoms with Gasteiger partial charge in [-0.2, -0.15) is 0 Å². The van der Waals surface area contributed by atoms with Crippen LogP contribution in [0.5, 0.6) is 0 Å². The van der Waals surface area contributed by atoms with Crippen LogP contribution in [0.15, 0.2) is 35.1 Å². The molecular weight excluding hydrogens is 385 g/mol. The molecule has 2 aromatic heterocycles. The number of aliphatic carboxylic acids is 1. The number of anilines is 1. The summed E-state index contributed by atoms with van der Waals surface area (Å²) in [6, 6.07) is 9.32. The molecule has 144 valence electrons. The van der Waals surface area contributed by atoms with E-state index in [9.17, 15) is 24.9 Å². The number of carbonyl (C=O) groups excluding carboxylic acids is 1. The fourth-order valence-corrected chi connectivity index (χ4v) is 3.90. The Labute approximate surface area is 187 Å². The molecule has 0 aliphatic carbocycles. The number of nitrogens with zero attached hydrogens (tertiary/aromatic N) is 2. The molecule has 1 aliphatic rings. The van der Waals surface area contributed by atoms with E-state index >= 15 is 0 Å². The van der Waals surface area contributed by atoms with Crippen LogP contribution >= 0.6 is 0 Å². The number of para-hydroxylation sites is 1. The van der Waals surface area contributed by atoms with Gasteiger partial charge in [0.05, 0.1) is 47.3 Å². The number of fused-ring (bicyclic) bond motifs is 4. The smallest absolute Gasteiger partial charge is 0.547 e. The van der Waals surface area contributed by atoms with Crippen molar-refractivity contribution in [1.82, 2.24) is 9.55 Å². The maximum Gasteiger partial charge on any atom is 1.00 e. The largest absolute Gasteiger partial charge is 1.00 e. The molecule has 0 fully saturated rings. The van der Waals surface area contributed by atoms with Crippen LogP contribution in [-0.2, 0) is 23.5 Å². The summed E-state index contributed by atoms with van der Waals surface area (Å²) in [5, 5.41) is 33.0. The molecule has 0 unspecified atom stereocenters. The van der Waals surface area contributed by atoms with Gasteiger partial charge in [0.2, 0.25) is 0 Å². The van der Waals surface area contributed by atoms with Crippen molar-refractivity contribution in [2.75, 3.05) is 5.73 Å². The fraction of sp³-hybridized carbons (Fsp3) is 0.250. The summed E-state index contributed by atoms with van der Waals surface area (Å²) in [5.41, 5.74) is 4.62. The molecule has 1 aromatic carbocycles. The van der Waals surface area contributed by atoms with Crippen molar-refractivity contribution < 1.29 is 49.7 Å². The maximum absolute atomic E-state index is 13.0. The number of carboxylic acid groups (broad SMARTS) is 1. The first kappa shape index (κ1) is 21.5. The minimum absolute atomic E-state index is 0. The first-order valence-corrected chi connectivity index (χ1v) is 8.82. The average molecular weight is 403 g/mol. The topological polar surface area (TPSA) is 142 Å². The van der Waals surface area contributed by atoms with E-state index in [-0.39, 0.29) is 65.0 Å². The van der Waals surface area contributed by atoms with Crippen molar-refractivity contribution in [3.63, 3.8) is 0 Å². The molecule has 0 saturated heterocycles. The quantitative estimate of drug-likeness (QED) is 0.306. The molecule has 1 aliphatic heterocycles. The predicted molar refractivity (Wildman–Crippen MR) is 100 cm³/mol. The number of rotatable bonds is 4. The van der Waals surface area contributed by atoms with E-state index in [0.29, 0.717) is 11.2 Å². The number of carboxylic acids is 1. The minimum atomic E-state index is -2.50. The van der Waals surface area contributed by atoms with Crippen LogP contribution < -0.4 is 46.0 Å². The Kier molecular flexibility index (Phi) is 5.59. The van der Waals surface area contributed by atoms with Gasteiger partial charge in [-0.3, -0.25) is 4.79 Å². The summed E-state index contributed by atoms with van der Waals surface area (Å²) < 4.78 is 1.35. The standard InChI is InChI=1S/C20H19N3O5.Na/c1-2-20(28,19(26)27)14-12(9-24)18(25)23-8-11-7-10-5-3-4-6-13(10)22-16(11)17(23)15(14)21;/h3-7,24,28H,2,8-9,21H2,1H3,(H,26,27);/q;+1/p-1/t20-;/m0./s1. The van der Waals surface area contributed by atoms with Gasteiger partial charge in [0.1, 0.15) is 5.60 Å². The number of aliphatic hydroxyl groups is 2. The van der Waals surface area contributed by atoms with E-state index in [4.69, 9.17) is 5.73 Å². The van der Waals surface area contributed by atoms with Gasteiger partial charge in [-0.15, -0.1) is 0 Å². The molecule has 1 atom stereocenters. The molecule has 4 N–H and O–H groups in total. The number of hydrogen-bond acceptors (Lipinski definition) is 7. The first-order valence-electron chi connectivity index (χ1n) is 8.82. The zero-order chi connectivity index (χ0) is 20.2. The van der Waals surface area contributed by atoms with Crippen molar-refractivity contribution in [2.24, 2.45) is 0 Å². The van der Waals surface area contributed by atoms with Gasteiger partial charge in [-0.25, -0.2) is 4.98 Å². The third kappa shape index (κ3) is 2.99. The molecule has 0 amide bonds. The van der Waals surface area contributed by atoms with Crippen LogP contribution in [0.1, 0.15) is 30.0 Å². The zero-order valence-corrected chi connectivity index (χ0v) is 18.1. The SMILES string of the molecule is CC[C@@](O)(C(=O)[O-])c1c(N)c2n(c(=O)c1CO)Cc1cc3ccccc3nc1-2.[Na+]. The van der Waals surface area contributed by atoms with Crippen molar-refractivity contribution in [2.45, 2.75) is 32.1 Å². The van der Waals surface area contributed by atoms with Gasteiger partial charge in [0, 0.05) is 16.5 Å². The van der Waals surface area contributed by atoms with Crippen molar-refractivity contribution >= 4 is 22.6 Å². The molecule has 0 bridgehead atoms. The van der Waals surface area contributed by atoms with Crippen molar-refractivity contribution in [3.05, 3.63) is 57.4 Å². The predicted octanol–water partition coefficient (Wildman–Crippen LogP) is -3.15. The number of hydrogen-bond donors (Lipinski definition) is 3. The molecule has 0 saturated carbocycles. The molecule has 4 rings (SSSR count). The van der Waals surface area contributed by atoms with Gasteiger partial charge >= 0.3 is 29.6 Å². The summed E-state index contributed by atoms with van der Waals surface area (Å²) >= 11 is 0. The number of nitrogens with two attached hydrogens (primary N) is 1. The van der Waals surface area contributed by atoms with Crippen LogP contribution in [0.2, 0.25) is 0 Å². The first-order chi connectivity index (χ1) is 13.3. The number of aliphatic hydroxyl groups excluding tert-OH is 1. The van der Waals surface area contributed by atoms with Gasteiger partial charge in [-0.05, 0) is 18.6 Å². The Morgan fingerprint density at radius 2 is 2.07 bits per heavy atom. The fourth-order valence-electron chi connectivity index (χ4n) is 3.90. The van der Waals surface area contributed by atoms with E-state index in [0.717, 1.165) is 10.9 Å². The van der Waals surface area contributed by atoms with Crippen molar-refractivity contribution in [3.8, 4) is 11.4 Å². The maximum atomic E-state index is 13.0. The number of nitrogen functional groups attached to an aromatic ring is 1. The van der Waals surface area contributed by atoms with E-state index < -0.39 is 23.7 Å². The van der Waals surface area contributed by atoms with Crippen LogP contribution in [-0.4, -0.2) is 25.7 Å². The molecule has 0 radical (unpaired) electrons. The second-order valence-electron chi connectivity index (χ2n) is 6.86. The summed E-state index contributed by atoms with van der Waals surface area (Å²) in [4.78, 5) is 29.3. The molecular formula is C20H18N3NaO5. The summed E-state index contributed by atoms with van der Waals surface area (Å²) in [6.45, 7) is 0.857. The Morgan fingerprint density at radius 1 is 1.38 bits per heavy atom. The van der Waals surface area contributed by atoms with Gasteiger partial charge in [0.25, 0.3) is 5.56 Å². The second-order valence-corrected chi connectivity index (χ2v) is 6.86. The minimum Gasteiger partial charge on any atom is -0.547 e. The van der Waals surface area contributed by atoms with E-state index in [1.54, 1.807) is 0 Å². The third-order valence-electron chi connectivity index (χ3n) is 5.38. The number of pyridine rings is 2. The molecule has 3 heterocycles. The third-order valence-corrected chi connectivity index (χ3v) is 5.38. The summed E-state index contributed by atoms with van der Waals surface area (Å²) in [5.74, 6) is -1.79. The number of aromatic nitrogens is 2. The molecule has 8 nitrogen and oxygen atoms in total. The molecule has 9 heteroatoms. The molecule has 3 aromatic rings. The second kappa shape index (κ2) is 7.55. The van der Waals surface area contributed by atoms with Crippen LogP contribution in [0.4, 0.5) is 5.69 Å². The Morgan fingerprint density at radius 3 is 2.69 bits per heavy atom. The Bertz CT molecular complexity index is 1210. The zero-order valence-electron chi connectivity index (χ0n) is 16.1. The van der Waals surface area contributed by atoms with Crippen LogP contribution in [0.3, 0.4) is 0 Å². The Hall–Kier alpha value is -2.23. The average Bonchev–Trinajstić information content (AvgIpc) is 3.06. The van der Waals surface area contributed by atoms with Gasteiger partial charge < -0.3 is 30.4 Å². The molecule has 29 heavy (non-hydrogen) atoms. The number of benzene rings is 1. The van der Waals surface area contributed by atoms with E-state index in [1.165, 1.54) is 11.5 Å². The summed E-state index contributed by atoms with van der Waals surface area (Å²) in [6.07, 6.45) is -0.284. The Balaban J connectivity index is 0.00000240. The molecule has 0 spiro atoms. The van der Waals surface area contributed by atoms with Gasteiger partial charge in [-0.1, -0.05) is 25.1 Å². The van der Waals surface area contributed by atoms with Crippen LogP contribution in [0.25, 0.3) is 22.3 Å². The monoisotopic (exact) mass is 403 g/mol. The van der Waals surface area contributed by atoms with E-state index in [1.807, 2.05) is 30.3 Å². The number of carbonyl (C=O) groups is 1. The summed E-state index contributed by atoms with van der Waals surface area (Å²) in [7, 11) is 0. The normalized spacial score (nSPS) is 14.0. The van der Waals surface area contributed by atoms with Gasteiger partial charge in [0.15, 0.2) is 0 Å². The van der Waals surface area contributed by atoms with E-state index in [2.05, 4.69) is 4.98 Å². The van der Waals surface area contributed by atoms with Crippen LogP contribution in [0, 0.1) is 0 Å².